The minimum Gasteiger partial charge on any atom is -0.458 e. The van der Waals surface area contributed by atoms with Gasteiger partial charge in [-0.15, -0.1) is 0 Å². The summed E-state index contributed by atoms with van der Waals surface area (Å²) in [6.45, 7) is 11.1. The summed E-state index contributed by atoms with van der Waals surface area (Å²) in [5.74, 6) is -1.53. The van der Waals surface area contributed by atoms with Gasteiger partial charge in [0, 0.05) is 24.7 Å². The number of hydrogen-bond donors (Lipinski definition) is 3. The second-order valence-electron chi connectivity index (χ2n) is 12.6. The van der Waals surface area contributed by atoms with Gasteiger partial charge in [0.15, 0.2) is 0 Å². The molecule has 3 saturated carbocycles. The predicted octanol–water partition coefficient (Wildman–Crippen LogP) is 3.53. The topological polar surface area (TPSA) is 113 Å². The van der Waals surface area contributed by atoms with E-state index in [9.17, 15) is 24.9 Å². The maximum atomic E-state index is 13.1. The van der Waals surface area contributed by atoms with E-state index >= 15 is 0 Å². The van der Waals surface area contributed by atoms with Crippen LogP contribution in [0.2, 0.25) is 0 Å². The molecule has 0 unspecified atom stereocenters. The average molecular weight is 493 g/mol. The summed E-state index contributed by atoms with van der Waals surface area (Å²) >= 11 is 0. The molecule has 0 aromatic heterocycles. The van der Waals surface area contributed by atoms with E-state index in [-0.39, 0.29) is 36.1 Å². The van der Waals surface area contributed by atoms with Gasteiger partial charge < -0.3 is 24.8 Å². The highest BCUT2D eigenvalue weighted by Crippen LogP contribution is 2.69. The van der Waals surface area contributed by atoms with Gasteiger partial charge in [-0.25, -0.2) is 0 Å². The Balaban J connectivity index is 1.89. The van der Waals surface area contributed by atoms with Crippen molar-refractivity contribution < 1.29 is 34.4 Å². The van der Waals surface area contributed by atoms with E-state index in [1.54, 1.807) is 6.92 Å². The molecule has 0 spiro atoms. The number of fused-ring (bicyclic) bond motifs is 5. The molecule has 7 heteroatoms. The standard InChI is InChI=1S/C28H44O7/c1-15(2)13-22(32)35-25-24(34-17(4)30)23-21(8-7-18-14-19(31)9-11-26(18,23)5)28(33)12-10-20(16(3)29)27(25,28)6/h7,15-16,19-21,23-25,29,31,33H,8-14H2,1-6H3/t16-,19-,20+,21+,23+,24-,25+,26-,27-,28-/m0/s1. The van der Waals surface area contributed by atoms with Crippen molar-refractivity contribution in [2.75, 3.05) is 0 Å². The van der Waals surface area contributed by atoms with Crippen LogP contribution in [0.1, 0.15) is 86.5 Å². The quantitative estimate of drug-likeness (QED) is 0.397. The highest BCUT2D eigenvalue weighted by molar-refractivity contribution is 5.70. The summed E-state index contributed by atoms with van der Waals surface area (Å²) in [5.41, 5.74) is -1.44. The van der Waals surface area contributed by atoms with E-state index < -0.39 is 46.8 Å². The van der Waals surface area contributed by atoms with Crippen LogP contribution in [0, 0.1) is 34.5 Å². The fourth-order valence-electron chi connectivity index (χ4n) is 8.48. The Labute approximate surface area is 209 Å². The van der Waals surface area contributed by atoms with Crippen molar-refractivity contribution in [2.24, 2.45) is 34.5 Å². The summed E-state index contributed by atoms with van der Waals surface area (Å²) in [4.78, 5) is 25.6. The summed E-state index contributed by atoms with van der Waals surface area (Å²) < 4.78 is 12.3. The largest absolute Gasteiger partial charge is 0.458 e. The molecule has 0 aromatic rings. The van der Waals surface area contributed by atoms with Crippen molar-refractivity contribution in [2.45, 2.75) is 117 Å². The third-order valence-electron chi connectivity index (χ3n) is 10.1. The number of carbonyl (C=O) groups is 2. The van der Waals surface area contributed by atoms with Gasteiger partial charge in [-0.2, -0.15) is 0 Å². The molecule has 7 nitrogen and oxygen atoms in total. The Kier molecular flexibility index (Phi) is 6.95. The van der Waals surface area contributed by atoms with Crippen LogP contribution in [0.15, 0.2) is 11.6 Å². The number of allylic oxidation sites excluding steroid dienone is 1. The van der Waals surface area contributed by atoms with Gasteiger partial charge in [-0.3, -0.25) is 9.59 Å². The van der Waals surface area contributed by atoms with Crippen LogP contribution >= 0.6 is 0 Å². The lowest BCUT2D eigenvalue weighted by Crippen LogP contribution is -2.72. The maximum Gasteiger partial charge on any atom is 0.306 e. The Morgan fingerprint density at radius 1 is 1.14 bits per heavy atom. The predicted molar refractivity (Wildman–Crippen MR) is 130 cm³/mol. The molecule has 10 atom stereocenters. The second kappa shape index (κ2) is 9.14. The third kappa shape index (κ3) is 4.06. The van der Waals surface area contributed by atoms with Crippen molar-refractivity contribution in [3.8, 4) is 0 Å². The Bertz CT molecular complexity index is 881. The molecule has 4 aliphatic carbocycles. The molecule has 0 heterocycles. The van der Waals surface area contributed by atoms with Crippen molar-refractivity contribution >= 4 is 11.9 Å². The van der Waals surface area contributed by atoms with Crippen LogP contribution in [0.25, 0.3) is 0 Å². The Hall–Kier alpha value is -1.44. The number of ether oxygens (including phenoxy) is 2. The summed E-state index contributed by atoms with van der Waals surface area (Å²) in [5, 5.41) is 33.7. The van der Waals surface area contributed by atoms with Crippen molar-refractivity contribution in [3.05, 3.63) is 11.6 Å². The van der Waals surface area contributed by atoms with Crippen molar-refractivity contribution in [3.63, 3.8) is 0 Å². The van der Waals surface area contributed by atoms with Crippen LogP contribution in [0.4, 0.5) is 0 Å². The van der Waals surface area contributed by atoms with Crippen LogP contribution in [0.5, 0.6) is 0 Å². The summed E-state index contributed by atoms with van der Waals surface area (Å²) in [7, 11) is 0. The lowest BCUT2D eigenvalue weighted by atomic mass is 9.43. The highest BCUT2D eigenvalue weighted by Gasteiger charge is 2.75. The average Bonchev–Trinajstić information content (AvgIpc) is 3.02. The molecule has 0 amide bonds. The zero-order valence-corrected chi connectivity index (χ0v) is 22.1. The summed E-state index contributed by atoms with van der Waals surface area (Å²) in [6.07, 6.45) is 3.25. The monoisotopic (exact) mass is 492 g/mol. The lowest BCUT2D eigenvalue weighted by Gasteiger charge is -2.65. The zero-order valence-electron chi connectivity index (χ0n) is 22.1. The number of carbonyl (C=O) groups excluding carboxylic acids is 2. The molecule has 0 bridgehead atoms. The van der Waals surface area contributed by atoms with Gasteiger partial charge in [-0.1, -0.05) is 39.3 Å². The van der Waals surface area contributed by atoms with Gasteiger partial charge in [-0.05, 0) is 68.6 Å². The fraction of sp³-hybridized carbons (Fsp3) is 0.857. The van der Waals surface area contributed by atoms with Crippen LogP contribution in [-0.4, -0.2) is 57.3 Å². The maximum absolute atomic E-state index is 13.1. The molecule has 198 valence electrons. The lowest BCUT2D eigenvalue weighted by molar-refractivity contribution is -0.280. The zero-order chi connectivity index (χ0) is 25.9. The van der Waals surface area contributed by atoms with Crippen molar-refractivity contribution in [1.82, 2.24) is 0 Å². The Morgan fingerprint density at radius 3 is 2.43 bits per heavy atom. The molecule has 3 fully saturated rings. The molecule has 4 rings (SSSR count). The van der Waals surface area contributed by atoms with Gasteiger partial charge in [0.2, 0.25) is 0 Å². The van der Waals surface area contributed by atoms with E-state index in [0.29, 0.717) is 38.5 Å². The smallest absolute Gasteiger partial charge is 0.306 e. The number of esters is 2. The number of aliphatic hydroxyl groups is 3. The van der Waals surface area contributed by atoms with E-state index in [4.69, 9.17) is 9.47 Å². The van der Waals surface area contributed by atoms with Gasteiger partial charge >= 0.3 is 11.9 Å². The first-order chi connectivity index (χ1) is 16.3. The number of rotatable bonds is 5. The van der Waals surface area contributed by atoms with Gasteiger partial charge in [0.05, 0.1) is 17.8 Å². The molecular formula is C28H44O7. The number of aliphatic hydroxyl groups excluding tert-OH is 2. The van der Waals surface area contributed by atoms with E-state index in [1.807, 2.05) is 20.8 Å². The molecule has 0 aromatic carbocycles. The van der Waals surface area contributed by atoms with Crippen LogP contribution in [0.3, 0.4) is 0 Å². The molecule has 35 heavy (non-hydrogen) atoms. The molecule has 3 N–H and O–H groups in total. The normalized spacial score (nSPS) is 45.6. The third-order valence-corrected chi connectivity index (χ3v) is 10.1. The molecule has 0 radical (unpaired) electrons. The SMILES string of the molecule is CC(=O)O[C@H]1[C@H]2[C@@H](CC=C3C[C@@H](O)CC[C@@]32C)[C@@]2(O)CC[C@H]([C@H](C)O)[C@@]2(C)[C@@H]1OC(=O)CC(C)C. The van der Waals surface area contributed by atoms with Crippen LogP contribution in [-0.2, 0) is 19.1 Å². The molecule has 0 aliphatic heterocycles. The number of hydrogen-bond acceptors (Lipinski definition) is 7. The first kappa shape index (κ1) is 26.6. The molecule has 0 saturated heterocycles. The van der Waals surface area contributed by atoms with Crippen LogP contribution < -0.4 is 0 Å². The first-order valence-corrected chi connectivity index (χ1v) is 13.4. The minimum absolute atomic E-state index is 0.0930. The molecular weight excluding hydrogens is 448 g/mol. The summed E-state index contributed by atoms with van der Waals surface area (Å²) in [6, 6.07) is 0. The van der Waals surface area contributed by atoms with Crippen molar-refractivity contribution in [1.29, 1.82) is 0 Å². The first-order valence-electron chi connectivity index (χ1n) is 13.4. The second-order valence-corrected chi connectivity index (χ2v) is 12.6. The van der Waals surface area contributed by atoms with Gasteiger partial charge in [0.25, 0.3) is 0 Å². The molecule has 4 aliphatic rings. The van der Waals surface area contributed by atoms with E-state index in [2.05, 4.69) is 13.0 Å². The minimum atomic E-state index is -1.19. The Morgan fingerprint density at radius 2 is 1.83 bits per heavy atom. The fourth-order valence-corrected chi connectivity index (χ4v) is 8.48. The van der Waals surface area contributed by atoms with E-state index in [0.717, 1.165) is 5.57 Å². The van der Waals surface area contributed by atoms with Gasteiger partial charge in [0.1, 0.15) is 12.2 Å². The van der Waals surface area contributed by atoms with E-state index in [1.165, 1.54) is 6.92 Å². The highest BCUT2D eigenvalue weighted by atomic mass is 16.6.